The van der Waals surface area contributed by atoms with E-state index >= 15 is 0 Å². The average molecular weight is 281 g/mol. The van der Waals surface area contributed by atoms with Crippen molar-refractivity contribution in [3.63, 3.8) is 0 Å². The normalized spacial score (nSPS) is 11.8. The van der Waals surface area contributed by atoms with Crippen LogP contribution in [0.25, 0.3) is 5.69 Å². The number of benzene rings is 1. The van der Waals surface area contributed by atoms with Gasteiger partial charge in [-0.25, -0.2) is 4.68 Å². The van der Waals surface area contributed by atoms with Gasteiger partial charge in [0.25, 0.3) is 0 Å². The zero-order chi connectivity index (χ0) is 11.8. The highest BCUT2D eigenvalue weighted by Gasteiger charge is 2.25. The molecule has 0 amide bonds. The SMILES string of the molecule is CC(C)(O)c1c(Br)cnn1-c1ccccc1. The minimum Gasteiger partial charge on any atom is -0.384 e. The molecule has 0 aliphatic heterocycles. The first-order valence-corrected chi connectivity index (χ1v) is 5.81. The third-order valence-electron chi connectivity index (χ3n) is 2.30. The van der Waals surface area contributed by atoms with E-state index in [1.807, 2.05) is 30.3 Å². The maximum absolute atomic E-state index is 10.1. The molecule has 1 aromatic carbocycles. The number of halogens is 1. The summed E-state index contributed by atoms with van der Waals surface area (Å²) in [5, 5.41) is 14.4. The number of nitrogens with zero attached hydrogens (tertiary/aromatic N) is 2. The van der Waals surface area contributed by atoms with Crippen molar-refractivity contribution in [1.82, 2.24) is 9.78 Å². The lowest BCUT2D eigenvalue weighted by Crippen LogP contribution is -2.21. The Bertz CT molecular complexity index is 485. The Hall–Kier alpha value is -1.13. The molecule has 1 N–H and O–H groups in total. The summed E-state index contributed by atoms with van der Waals surface area (Å²) in [5.74, 6) is 0. The van der Waals surface area contributed by atoms with E-state index in [1.54, 1.807) is 24.7 Å². The molecule has 0 saturated heterocycles. The van der Waals surface area contributed by atoms with Gasteiger partial charge < -0.3 is 5.11 Å². The first-order chi connectivity index (χ1) is 7.50. The summed E-state index contributed by atoms with van der Waals surface area (Å²) in [6.45, 7) is 3.49. The smallest absolute Gasteiger partial charge is 0.102 e. The van der Waals surface area contributed by atoms with Crippen LogP contribution < -0.4 is 0 Å². The highest BCUT2D eigenvalue weighted by atomic mass is 79.9. The van der Waals surface area contributed by atoms with Crippen molar-refractivity contribution in [2.45, 2.75) is 19.4 Å². The molecule has 0 spiro atoms. The first kappa shape index (κ1) is 11.4. The Labute approximate surface area is 103 Å². The summed E-state index contributed by atoms with van der Waals surface area (Å²) in [5.41, 5.74) is 0.745. The molecular weight excluding hydrogens is 268 g/mol. The summed E-state index contributed by atoms with van der Waals surface area (Å²) >= 11 is 3.41. The Kier molecular flexibility index (Phi) is 2.86. The minimum atomic E-state index is -0.939. The van der Waals surface area contributed by atoms with Crippen LogP contribution in [-0.4, -0.2) is 14.9 Å². The van der Waals surface area contributed by atoms with E-state index in [1.165, 1.54) is 0 Å². The van der Waals surface area contributed by atoms with Crippen LogP contribution in [-0.2, 0) is 5.60 Å². The second kappa shape index (κ2) is 4.03. The van der Waals surface area contributed by atoms with Crippen LogP contribution in [0, 0.1) is 0 Å². The third-order valence-corrected chi connectivity index (χ3v) is 2.89. The Balaban J connectivity index is 2.60. The molecule has 4 heteroatoms. The van der Waals surface area contributed by atoms with Gasteiger partial charge in [-0.05, 0) is 41.9 Å². The van der Waals surface area contributed by atoms with E-state index < -0.39 is 5.60 Å². The van der Waals surface area contributed by atoms with Crippen molar-refractivity contribution in [3.8, 4) is 5.69 Å². The van der Waals surface area contributed by atoms with Crippen LogP contribution in [0.15, 0.2) is 41.0 Å². The Morgan fingerprint density at radius 3 is 2.44 bits per heavy atom. The second-order valence-electron chi connectivity index (χ2n) is 4.15. The van der Waals surface area contributed by atoms with Gasteiger partial charge in [0.05, 0.1) is 22.1 Å². The quantitative estimate of drug-likeness (QED) is 0.919. The fourth-order valence-corrected chi connectivity index (χ4v) is 2.39. The van der Waals surface area contributed by atoms with E-state index in [-0.39, 0.29) is 0 Å². The molecular formula is C12H13BrN2O. The fraction of sp³-hybridized carbons (Fsp3) is 0.250. The first-order valence-electron chi connectivity index (χ1n) is 5.02. The van der Waals surface area contributed by atoms with Crippen molar-refractivity contribution in [2.24, 2.45) is 0 Å². The molecule has 2 rings (SSSR count). The van der Waals surface area contributed by atoms with Gasteiger partial charge in [0.2, 0.25) is 0 Å². The summed E-state index contributed by atoms with van der Waals surface area (Å²) in [6.07, 6.45) is 1.69. The van der Waals surface area contributed by atoms with E-state index in [0.29, 0.717) is 0 Å². The molecule has 0 atom stereocenters. The predicted octanol–water partition coefficient (Wildman–Crippen LogP) is 2.86. The van der Waals surface area contributed by atoms with E-state index in [9.17, 15) is 5.11 Å². The molecule has 0 unspecified atom stereocenters. The predicted molar refractivity (Wildman–Crippen MR) is 66.5 cm³/mol. The van der Waals surface area contributed by atoms with E-state index in [0.717, 1.165) is 15.9 Å². The van der Waals surface area contributed by atoms with Crippen LogP contribution in [0.2, 0.25) is 0 Å². The van der Waals surface area contributed by atoms with Gasteiger partial charge in [-0.1, -0.05) is 18.2 Å². The summed E-state index contributed by atoms with van der Waals surface area (Å²) in [6, 6.07) is 9.74. The molecule has 0 bridgehead atoms. The highest BCUT2D eigenvalue weighted by molar-refractivity contribution is 9.10. The van der Waals surface area contributed by atoms with Gasteiger partial charge >= 0.3 is 0 Å². The van der Waals surface area contributed by atoms with Gasteiger partial charge in [-0.3, -0.25) is 0 Å². The van der Waals surface area contributed by atoms with Crippen molar-refractivity contribution in [1.29, 1.82) is 0 Å². The van der Waals surface area contributed by atoms with E-state index in [2.05, 4.69) is 21.0 Å². The molecule has 16 heavy (non-hydrogen) atoms. The molecule has 84 valence electrons. The molecule has 0 aliphatic carbocycles. The number of hydrogen-bond acceptors (Lipinski definition) is 2. The fourth-order valence-electron chi connectivity index (χ4n) is 1.64. The largest absolute Gasteiger partial charge is 0.384 e. The Morgan fingerprint density at radius 2 is 1.88 bits per heavy atom. The minimum absolute atomic E-state index is 0.749. The number of para-hydroxylation sites is 1. The van der Waals surface area contributed by atoms with Crippen LogP contribution in [0.3, 0.4) is 0 Å². The van der Waals surface area contributed by atoms with Gasteiger partial charge in [0.15, 0.2) is 0 Å². The van der Waals surface area contributed by atoms with Crippen molar-refractivity contribution in [3.05, 3.63) is 46.7 Å². The average Bonchev–Trinajstić information content (AvgIpc) is 2.61. The van der Waals surface area contributed by atoms with Crippen LogP contribution in [0.1, 0.15) is 19.5 Å². The van der Waals surface area contributed by atoms with Crippen molar-refractivity contribution in [2.75, 3.05) is 0 Å². The number of hydrogen-bond donors (Lipinski definition) is 1. The zero-order valence-corrected chi connectivity index (χ0v) is 10.8. The summed E-state index contributed by atoms with van der Waals surface area (Å²) in [7, 11) is 0. The molecule has 0 radical (unpaired) electrons. The molecule has 1 heterocycles. The third kappa shape index (κ3) is 2.03. The maximum Gasteiger partial charge on any atom is 0.102 e. The van der Waals surface area contributed by atoms with Gasteiger partial charge in [-0.15, -0.1) is 0 Å². The number of rotatable bonds is 2. The molecule has 0 saturated carbocycles. The molecule has 0 aliphatic rings. The lowest BCUT2D eigenvalue weighted by atomic mass is 10.1. The number of aromatic nitrogens is 2. The molecule has 2 aromatic rings. The van der Waals surface area contributed by atoms with Gasteiger partial charge in [0.1, 0.15) is 5.60 Å². The molecule has 3 nitrogen and oxygen atoms in total. The maximum atomic E-state index is 10.1. The summed E-state index contributed by atoms with van der Waals surface area (Å²) in [4.78, 5) is 0. The molecule has 0 fully saturated rings. The lowest BCUT2D eigenvalue weighted by molar-refractivity contribution is 0.0704. The standard InChI is InChI=1S/C12H13BrN2O/c1-12(2,16)11-10(13)8-14-15(11)9-6-4-3-5-7-9/h3-8,16H,1-2H3. The monoisotopic (exact) mass is 280 g/mol. The zero-order valence-electron chi connectivity index (χ0n) is 9.18. The van der Waals surface area contributed by atoms with Crippen molar-refractivity contribution >= 4 is 15.9 Å². The van der Waals surface area contributed by atoms with Gasteiger partial charge in [-0.2, -0.15) is 5.10 Å². The lowest BCUT2D eigenvalue weighted by Gasteiger charge is -2.19. The highest BCUT2D eigenvalue weighted by Crippen LogP contribution is 2.29. The van der Waals surface area contributed by atoms with Crippen LogP contribution in [0.5, 0.6) is 0 Å². The van der Waals surface area contributed by atoms with Crippen LogP contribution in [0.4, 0.5) is 0 Å². The van der Waals surface area contributed by atoms with Crippen LogP contribution >= 0.6 is 15.9 Å². The van der Waals surface area contributed by atoms with E-state index in [4.69, 9.17) is 0 Å². The summed E-state index contributed by atoms with van der Waals surface area (Å²) < 4.78 is 2.55. The number of aliphatic hydroxyl groups is 1. The topological polar surface area (TPSA) is 38.1 Å². The van der Waals surface area contributed by atoms with Crippen molar-refractivity contribution < 1.29 is 5.11 Å². The molecule has 1 aromatic heterocycles. The Morgan fingerprint density at radius 1 is 1.25 bits per heavy atom. The van der Waals surface area contributed by atoms with Gasteiger partial charge in [0, 0.05) is 0 Å². The second-order valence-corrected chi connectivity index (χ2v) is 5.00.